The quantitative estimate of drug-likeness (QED) is 0.571. The van der Waals surface area contributed by atoms with Crippen LogP contribution in [0.4, 0.5) is 5.00 Å². The molecule has 1 aliphatic carbocycles. The number of halogens is 2. The van der Waals surface area contributed by atoms with Crippen LogP contribution < -0.4 is 5.32 Å². The number of nitrogens with zero attached hydrogens (tertiary/aromatic N) is 2. The monoisotopic (exact) mass is 541 g/mol. The number of fused-ring (bicyclic) bond motifs is 1. The maximum atomic E-state index is 13.3. The van der Waals surface area contributed by atoms with Crippen molar-refractivity contribution in [3.63, 3.8) is 0 Å². The first-order chi connectivity index (χ1) is 16.1. The molecular weight excluding hydrogens is 521 g/mol. The molecule has 0 spiro atoms. The fourth-order valence-electron chi connectivity index (χ4n) is 4.34. The van der Waals surface area contributed by atoms with E-state index in [1.807, 2.05) is 0 Å². The standard InChI is InChI=1S/C22H21Cl2N3O5S2/c23-16-9-17(24)19(34(31,32)27-7-3-4-12(11-27)22(29)30)8-14(16)20(28)26-21-15(10-25)13-5-1-2-6-18(13)33-21/h8-9,12H,1-7,11H2,(H,26,28)(H,29,30). The lowest BCUT2D eigenvalue weighted by molar-refractivity contribution is -0.142. The molecule has 12 heteroatoms. The number of carbonyl (C=O) groups is 2. The minimum Gasteiger partial charge on any atom is -0.481 e. The average molecular weight is 542 g/mol. The highest BCUT2D eigenvalue weighted by Gasteiger charge is 2.35. The second-order valence-electron chi connectivity index (χ2n) is 8.28. The molecule has 4 rings (SSSR count). The van der Waals surface area contributed by atoms with Crippen LogP contribution in [0, 0.1) is 17.2 Å². The molecule has 8 nitrogen and oxygen atoms in total. The molecule has 34 heavy (non-hydrogen) atoms. The molecule has 2 heterocycles. The van der Waals surface area contributed by atoms with Crippen LogP contribution in [0.2, 0.25) is 10.0 Å². The Bertz CT molecular complexity index is 1320. The van der Waals surface area contributed by atoms with Gasteiger partial charge < -0.3 is 10.4 Å². The van der Waals surface area contributed by atoms with Crippen LogP contribution in [0.15, 0.2) is 17.0 Å². The largest absolute Gasteiger partial charge is 0.481 e. The van der Waals surface area contributed by atoms with Crippen LogP contribution in [0.1, 0.15) is 52.0 Å². The van der Waals surface area contributed by atoms with Gasteiger partial charge in [-0.05, 0) is 56.2 Å². The second kappa shape index (κ2) is 9.84. The fourth-order valence-corrected chi connectivity index (χ4v) is 7.94. The normalized spacial score (nSPS) is 18.7. The van der Waals surface area contributed by atoms with Crippen molar-refractivity contribution in [1.82, 2.24) is 4.31 Å². The lowest BCUT2D eigenvalue weighted by Crippen LogP contribution is -2.42. The molecule has 2 aromatic rings. The molecule has 0 saturated carbocycles. The number of piperidine rings is 1. The summed E-state index contributed by atoms with van der Waals surface area (Å²) in [6.07, 6.45) is 4.41. The van der Waals surface area contributed by atoms with E-state index in [2.05, 4.69) is 11.4 Å². The molecule has 0 radical (unpaired) electrons. The average Bonchev–Trinajstić information content (AvgIpc) is 3.15. The molecule has 1 aromatic carbocycles. The van der Waals surface area contributed by atoms with Crippen LogP contribution in [0.3, 0.4) is 0 Å². The molecule has 1 aromatic heterocycles. The van der Waals surface area contributed by atoms with Gasteiger partial charge in [-0.3, -0.25) is 9.59 Å². The number of nitriles is 1. The zero-order chi connectivity index (χ0) is 24.6. The molecule has 1 aliphatic heterocycles. The molecule has 1 fully saturated rings. The van der Waals surface area contributed by atoms with Gasteiger partial charge in [-0.25, -0.2) is 8.42 Å². The van der Waals surface area contributed by atoms with Crippen molar-refractivity contribution in [2.45, 2.75) is 43.4 Å². The van der Waals surface area contributed by atoms with Crippen molar-refractivity contribution < 1.29 is 23.1 Å². The number of carboxylic acids is 1. The summed E-state index contributed by atoms with van der Waals surface area (Å²) in [4.78, 5) is 25.2. The zero-order valence-corrected chi connectivity index (χ0v) is 21.1. The molecule has 1 unspecified atom stereocenters. The van der Waals surface area contributed by atoms with Crippen molar-refractivity contribution in [3.8, 4) is 6.07 Å². The first-order valence-corrected chi connectivity index (χ1v) is 13.7. The summed E-state index contributed by atoms with van der Waals surface area (Å²) in [7, 11) is -4.17. The van der Waals surface area contributed by atoms with Gasteiger partial charge in [0.25, 0.3) is 5.91 Å². The number of sulfonamides is 1. The smallest absolute Gasteiger partial charge is 0.307 e. The Labute approximate surface area is 211 Å². The van der Waals surface area contributed by atoms with Crippen molar-refractivity contribution in [2.75, 3.05) is 18.4 Å². The predicted molar refractivity (Wildman–Crippen MR) is 129 cm³/mol. The number of thiophene rings is 1. The van der Waals surface area contributed by atoms with Crippen molar-refractivity contribution >= 4 is 61.4 Å². The predicted octanol–water partition coefficient (Wildman–Crippen LogP) is 4.54. The van der Waals surface area contributed by atoms with Crippen molar-refractivity contribution in [1.29, 1.82) is 5.26 Å². The summed E-state index contributed by atoms with van der Waals surface area (Å²) in [5, 5.41) is 21.9. The van der Waals surface area contributed by atoms with Gasteiger partial charge in [0, 0.05) is 18.0 Å². The molecule has 1 saturated heterocycles. The van der Waals surface area contributed by atoms with Crippen LogP contribution in [-0.2, 0) is 27.7 Å². The summed E-state index contributed by atoms with van der Waals surface area (Å²) >= 11 is 13.8. The van der Waals surface area contributed by atoms with Crippen LogP contribution in [0.25, 0.3) is 0 Å². The Balaban J connectivity index is 1.66. The SMILES string of the molecule is N#Cc1c(NC(=O)c2cc(S(=O)(=O)N3CCCC(C(=O)O)C3)c(Cl)cc2Cl)sc2c1CCCC2. The number of anilines is 1. The third-order valence-electron chi connectivity index (χ3n) is 6.13. The maximum absolute atomic E-state index is 13.3. The van der Waals surface area contributed by atoms with E-state index in [1.165, 1.54) is 17.4 Å². The van der Waals surface area contributed by atoms with Crippen molar-refractivity contribution in [3.05, 3.63) is 43.7 Å². The van der Waals surface area contributed by atoms with Crippen molar-refractivity contribution in [2.24, 2.45) is 5.92 Å². The van der Waals surface area contributed by atoms with E-state index in [4.69, 9.17) is 23.2 Å². The Hall–Kier alpha value is -2.16. The molecule has 1 atom stereocenters. The summed E-state index contributed by atoms with van der Waals surface area (Å²) < 4.78 is 27.6. The van der Waals surface area contributed by atoms with E-state index in [9.17, 15) is 28.4 Å². The third-order valence-corrected chi connectivity index (χ3v) is 9.98. The lowest BCUT2D eigenvalue weighted by Gasteiger charge is -2.30. The topological polar surface area (TPSA) is 128 Å². The lowest BCUT2D eigenvalue weighted by atomic mass is 9.96. The molecule has 1 amide bonds. The number of carbonyl (C=O) groups excluding carboxylic acids is 1. The Kier molecular flexibility index (Phi) is 7.22. The number of carboxylic acid groups (broad SMARTS) is 1. The van der Waals surface area contributed by atoms with E-state index >= 15 is 0 Å². The highest BCUT2D eigenvalue weighted by atomic mass is 35.5. The number of amides is 1. The fraction of sp³-hybridized carbons (Fsp3) is 0.409. The first kappa shape index (κ1) is 24.9. The van der Waals surface area contributed by atoms with Crippen LogP contribution >= 0.6 is 34.5 Å². The summed E-state index contributed by atoms with van der Waals surface area (Å²) in [5.41, 5.74) is 1.28. The summed E-state index contributed by atoms with van der Waals surface area (Å²) in [6, 6.07) is 4.47. The second-order valence-corrected chi connectivity index (χ2v) is 12.1. The van der Waals surface area contributed by atoms with E-state index < -0.39 is 27.8 Å². The number of aliphatic carboxylic acids is 1. The number of hydrogen-bond acceptors (Lipinski definition) is 6. The Morgan fingerprint density at radius 1 is 1.18 bits per heavy atom. The molecule has 0 bridgehead atoms. The highest BCUT2D eigenvalue weighted by molar-refractivity contribution is 7.89. The molecule has 2 aliphatic rings. The Morgan fingerprint density at radius 2 is 1.91 bits per heavy atom. The van der Waals surface area contributed by atoms with E-state index in [0.29, 0.717) is 23.4 Å². The van der Waals surface area contributed by atoms with Gasteiger partial charge in [0.2, 0.25) is 10.0 Å². The van der Waals surface area contributed by atoms with E-state index in [1.54, 1.807) is 0 Å². The zero-order valence-electron chi connectivity index (χ0n) is 17.9. The number of aryl methyl sites for hydroxylation is 1. The van der Waals surface area contributed by atoms with Gasteiger partial charge in [-0.2, -0.15) is 9.57 Å². The number of nitrogens with one attached hydrogen (secondary N) is 1. The van der Waals surface area contributed by atoms with Gasteiger partial charge >= 0.3 is 5.97 Å². The van der Waals surface area contributed by atoms with Gasteiger partial charge in [0.15, 0.2) is 0 Å². The van der Waals surface area contributed by atoms with E-state index in [-0.39, 0.29) is 33.6 Å². The van der Waals surface area contributed by atoms with Gasteiger partial charge in [-0.15, -0.1) is 11.3 Å². The number of hydrogen-bond donors (Lipinski definition) is 2. The number of benzene rings is 1. The summed E-state index contributed by atoms with van der Waals surface area (Å²) in [6.45, 7) is -0.0245. The summed E-state index contributed by atoms with van der Waals surface area (Å²) in [5.74, 6) is -2.53. The molecular formula is C22H21Cl2N3O5S2. The maximum Gasteiger partial charge on any atom is 0.307 e. The van der Waals surface area contributed by atoms with E-state index in [0.717, 1.165) is 46.5 Å². The third kappa shape index (κ3) is 4.68. The molecule has 180 valence electrons. The molecule has 2 N–H and O–H groups in total. The highest BCUT2D eigenvalue weighted by Crippen LogP contribution is 2.38. The number of rotatable bonds is 5. The minimum absolute atomic E-state index is 0.0386. The van der Waals surface area contributed by atoms with Gasteiger partial charge in [0.1, 0.15) is 16.0 Å². The minimum atomic E-state index is -4.17. The van der Waals surface area contributed by atoms with Crippen LogP contribution in [0.5, 0.6) is 0 Å². The Morgan fingerprint density at radius 3 is 2.62 bits per heavy atom. The van der Waals surface area contributed by atoms with Gasteiger partial charge in [-0.1, -0.05) is 23.2 Å². The van der Waals surface area contributed by atoms with Crippen LogP contribution in [-0.4, -0.2) is 42.8 Å². The van der Waals surface area contributed by atoms with Gasteiger partial charge in [0.05, 0.1) is 27.1 Å². The first-order valence-electron chi connectivity index (χ1n) is 10.7.